The highest BCUT2D eigenvalue weighted by molar-refractivity contribution is 5.27. The number of likely N-dealkylation sites (tertiary alicyclic amines) is 1. The van der Waals surface area contributed by atoms with Crippen LogP contribution in [0.2, 0.25) is 0 Å². The fourth-order valence-corrected chi connectivity index (χ4v) is 2.93. The van der Waals surface area contributed by atoms with E-state index in [1.165, 1.54) is 37.8 Å². The van der Waals surface area contributed by atoms with Crippen LogP contribution in [0.15, 0.2) is 24.3 Å². The molecule has 3 nitrogen and oxygen atoms in total. The number of nitrogens with zero attached hydrogens (tertiary/aromatic N) is 1. The summed E-state index contributed by atoms with van der Waals surface area (Å²) in [6.07, 6.45) is 6.51. The SMILES string of the molecule is COc1ccc(CCNCCC2CCCCN2C)cc1. The van der Waals surface area contributed by atoms with E-state index < -0.39 is 0 Å². The first-order chi connectivity index (χ1) is 9.79. The van der Waals surface area contributed by atoms with Crippen LogP contribution in [0.1, 0.15) is 31.2 Å². The Balaban J connectivity index is 1.58. The van der Waals surface area contributed by atoms with E-state index in [9.17, 15) is 0 Å². The summed E-state index contributed by atoms with van der Waals surface area (Å²) in [4.78, 5) is 2.52. The van der Waals surface area contributed by atoms with Crippen LogP contribution in [0.5, 0.6) is 5.75 Å². The van der Waals surface area contributed by atoms with E-state index in [1.54, 1.807) is 7.11 Å². The molecule has 0 amide bonds. The number of rotatable bonds is 7. The smallest absolute Gasteiger partial charge is 0.118 e. The zero-order chi connectivity index (χ0) is 14.2. The van der Waals surface area contributed by atoms with E-state index in [-0.39, 0.29) is 0 Å². The second-order valence-corrected chi connectivity index (χ2v) is 5.77. The van der Waals surface area contributed by atoms with Crippen molar-refractivity contribution in [1.82, 2.24) is 10.2 Å². The van der Waals surface area contributed by atoms with E-state index in [2.05, 4.69) is 29.4 Å². The van der Waals surface area contributed by atoms with Crippen molar-refractivity contribution in [2.24, 2.45) is 0 Å². The van der Waals surface area contributed by atoms with Crippen molar-refractivity contribution in [3.05, 3.63) is 29.8 Å². The Kier molecular flexibility index (Phi) is 6.34. The lowest BCUT2D eigenvalue weighted by Gasteiger charge is -2.32. The maximum absolute atomic E-state index is 5.17. The molecule has 1 saturated heterocycles. The van der Waals surface area contributed by atoms with Gasteiger partial charge in [-0.05, 0) is 70.1 Å². The van der Waals surface area contributed by atoms with E-state index in [0.29, 0.717) is 0 Å². The molecule has 3 heteroatoms. The van der Waals surface area contributed by atoms with Gasteiger partial charge in [0.25, 0.3) is 0 Å². The standard InChI is InChI=1S/C17H28N2O/c1-19-14-4-3-5-16(19)11-13-18-12-10-15-6-8-17(20-2)9-7-15/h6-9,16,18H,3-5,10-14H2,1-2H3. The van der Waals surface area contributed by atoms with Crippen LogP contribution in [0.25, 0.3) is 0 Å². The van der Waals surface area contributed by atoms with Gasteiger partial charge in [0.15, 0.2) is 0 Å². The van der Waals surface area contributed by atoms with Gasteiger partial charge >= 0.3 is 0 Å². The molecule has 0 aliphatic carbocycles. The van der Waals surface area contributed by atoms with Crippen molar-refractivity contribution >= 4 is 0 Å². The molecule has 0 saturated carbocycles. The number of nitrogens with one attached hydrogen (secondary N) is 1. The second-order valence-electron chi connectivity index (χ2n) is 5.77. The summed E-state index contributed by atoms with van der Waals surface area (Å²) in [6.45, 7) is 3.46. The Morgan fingerprint density at radius 3 is 2.70 bits per heavy atom. The summed E-state index contributed by atoms with van der Waals surface area (Å²) in [7, 11) is 3.97. The molecule has 1 aromatic carbocycles. The van der Waals surface area contributed by atoms with Gasteiger partial charge < -0.3 is 15.0 Å². The van der Waals surface area contributed by atoms with Crippen LogP contribution in [0, 0.1) is 0 Å². The third-order valence-corrected chi connectivity index (χ3v) is 4.33. The van der Waals surface area contributed by atoms with Crippen molar-refractivity contribution in [3.63, 3.8) is 0 Å². The Hall–Kier alpha value is -1.06. The molecule has 1 aliphatic rings. The monoisotopic (exact) mass is 276 g/mol. The largest absolute Gasteiger partial charge is 0.497 e. The van der Waals surface area contributed by atoms with Gasteiger partial charge in [-0.2, -0.15) is 0 Å². The molecule has 0 spiro atoms. The summed E-state index contributed by atoms with van der Waals surface area (Å²) in [5.74, 6) is 0.932. The highest BCUT2D eigenvalue weighted by atomic mass is 16.5. The average Bonchev–Trinajstić information content (AvgIpc) is 2.49. The molecule has 112 valence electrons. The predicted molar refractivity (Wildman–Crippen MR) is 84.5 cm³/mol. The summed E-state index contributed by atoms with van der Waals surface area (Å²) >= 11 is 0. The first-order valence-corrected chi connectivity index (χ1v) is 7.83. The first-order valence-electron chi connectivity index (χ1n) is 7.83. The fraction of sp³-hybridized carbons (Fsp3) is 0.647. The van der Waals surface area contributed by atoms with Crippen molar-refractivity contribution < 1.29 is 4.74 Å². The number of ether oxygens (including phenoxy) is 1. The topological polar surface area (TPSA) is 24.5 Å². The molecule has 20 heavy (non-hydrogen) atoms. The minimum absolute atomic E-state index is 0.789. The number of methoxy groups -OCH3 is 1. The van der Waals surface area contributed by atoms with Crippen LogP contribution in [0.3, 0.4) is 0 Å². The molecule has 0 radical (unpaired) electrons. The molecule has 1 aliphatic heterocycles. The minimum Gasteiger partial charge on any atom is -0.497 e. The summed E-state index contributed by atoms with van der Waals surface area (Å²) in [5, 5.41) is 3.57. The second kappa shape index (κ2) is 8.28. The summed E-state index contributed by atoms with van der Waals surface area (Å²) in [5.41, 5.74) is 1.37. The van der Waals surface area contributed by atoms with E-state index in [0.717, 1.165) is 31.3 Å². The van der Waals surface area contributed by atoms with Crippen LogP contribution in [0.4, 0.5) is 0 Å². The van der Waals surface area contributed by atoms with Gasteiger partial charge in [0.1, 0.15) is 5.75 Å². The van der Waals surface area contributed by atoms with Crippen LogP contribution in [-0.2, 0) is 6.42 Å². The normalized spacial score (nSPS) is 20.0. The fourth-order valence-electron chi connectivity index (χ4n) is 2.93. The van der Waals surface area contributed by atoms with Gasteiger partial charge in [0.05, 0.1) is 7.11 Å². The number of benzene rings is 1. The van der Waals surface area contributed by atoms with Crippen molar-refractivity contribution in [2.45, 2.75) is 38.1 Å². The lowest BCUT2D eigenvalue weighted by atomic mass is 10.0. The minimum atomic E-state index is 0.789. The third-order valence-electron chi connectivity index (χ3n) is 4.33. The van der Waals surface area contributed by atoms with Gasteiger partial charge in [-0.25, -0.2) is 0 Å². The van der Waals surface area contributed by atoms with E-state index in [4.69, 9.17) is 4.74 Å². The van der Waals surface area contributed by atoms with E-state index >= 15 is 0 Å². The molecular formula is C17H28N2O. The molecule has 1 fully saturated rings. The molecule has 1 unspecified atom stereocenters. The van der Waals surface area contributed by atoms with Crippen molar-refractivity contribution in [3.8, 4) is 5.75 Å². The third kappa shape index (κ3) is 4.80. The van der Waals surface area contributed by atoms with Gasteiger partial charge in [0, 0.05) is 6.04 Å². The summed E-state index contributed by atoms with van der Waals surface area (Å²) < 4.78 is 5.17. The maximum Gasteiger partial charge on any atom is 0.118 e. The predicted octanol–water partition coefficient (Wildman–Crippen LogP) is 2.70. The Bertz CT molecular complexity index is 377. The summed E-state index contributed by atoms with van der Waals surface area (Å²) in [6, 6.07) is 9.15. The Morgan fingerprint density at radius 1 is 1.20 bits per heavy atom. The molecule has 1 heterocycles. The Morgan fingerprint density at radius 2 is 2.00 bits per heavy atom. The molecule has 1 atom stereocenters. The van der Waals surface area contributed by atoms with Crippen molar-refractivity contribution in [2.75, 3.05) is 33.8 Å². The molecule has 0 aromatic heterocycles. The quantitative estimate of drug-likeness (QED) is 0.775. The number of hydrogen-bond acceptors (Lipinski definition) is 3. The molecule has 0 bridgehead atoms. The number of hydrogen-bond donors (Lipinski definition) is 1. The lowest BCUT2D eigenvalue weighted by Crippen LogP contribution is -2.38. The van der Waals surface area contributed by atoms with Crippen LogP contribution < -0.4 is 10.1 Å². The molecule has 1 N–H and O–H groups in total. The maximum atomic E-state index is 5.17. The first kappa shape index (κ1) is 15.3. The zero-order valence-corrected chi connectivity index (χ0v) is 12.9. The highest BCUT2D eigenvalue weighted by Crippen LogP contribution is 2.17. The van der Waals surface area contributed by atoms with Gasteiger partial charge in [-0.1, -0.05) is 18.6 Å². The Labute approximate surface area is 123 Å². The van der Waals surface area contributed by atoms with Crippen molar-refractivity contribution in [1.29, 1.82) is 0 Å². The molecule has 2 rings (SSSR count). The van der Waals surface area contributed by atoms with E-state index in [1.807, 2.05) is 12.1 Å². The van der Waals surface area contributed by atoms with Crippen LogP contribution >= 0.6 is 0 Å². The van der Waals surface area contributed by atoms with Gasteiger partial charge in [0.2, 0.25) is 0 Å². The molecular weight excluding hydrogens is 248 g/mol. The average molecular weight is 276 g/mol. The lowest BCUT2D eigenvalue weighted by molar-refractivity contribution is 0.175. The van der Waals surface area contributed by atoms with Gasteiger partial charge in [-0.3, -0.25) is 0 Å². The molecule has 1 aromatic rings. The van der Waals surface area contributed by atoms with Crippen LogP contribution in [-0.4, -0.2) is 44.7 Å². The highest BCUT2D eigenvalue weighted by Gasteiger charge is 2.17. The zero-order valence-electron chi connectivity index (χ0n) is 12.9. The van der Waals surface area contributed by atoms with Gasteiger partial charge in [-0.15, -0.1) is 0 Å². The number of piperidine rings is 1.